The molecule has 0 aromatic rings. The van der Waals surface area contributed by atoms with E-state index in [0.29, 0.717) is 12.2 Å². The molecule has 0 aliphatic carbocycles. The SMILES string of the molecule is O=S1CCC[C@H](F)C1. The van der Waals surface area contributed by atoms with Gasteiger partial charge in [0, 0.05) is 16.6 Å². The van der Waals surface area contributed by atoms with Crippen LogP contribution in [0.2, 0.25) is 0 Å². The van der Waals surface area contributed by atoms with E-state index in [1.54, 1.807) is 0 Å². The Labute approximate surface area is 50.7 Å². The molecule has 0 spiro atoms. The molecule has 1 aliphatic rings. The molecule has 1 aliphatic heterocycles. The maximum absolute atomic E-state index is 12.2. The molecule has 1 fully saturated rings. The Morgan fingerprint density at radius 2 is 2.38 bits per heavy atom. The van der Waals surface area contributed by atoms with Crippen LogP contribution in [-0.2, 0) is 10.8 Å². The molecule has 48 valence electrons. The van der Waals surface area contributed by atoms with Crippen LogP contribution in [0.3, 0.4) is 0 Å². The molecule has 1 saturated heterocycles. The number of rotatable bonds is 0. The highest BCUT2D eigenvalue weighted by Gasteiger charge is 2.16. The Morgan fingerprint density at radius 3 is 2.75 bits per heavy atom. The fourth-order valence-corrected chi connectivity index (χ4v) is 2.06. The molecular weight excluding hydrogens is 127 g/mol. The van der Waals surface area contributed by atoms with Gasteiger partial charge in [-0.05, 0) is 12.8 Å². The summed E-state index contributed by atoms with van der Waals surface area (Å²) in [5, 5.41) is 0. The van der Waals surface area contributed by atoms with Gasteiger partial charge in [-0.3, -0.25) is 4.21 Å². The first-order valence-electron chi connectivity index (χ1n) is 2.78. The van der Waals surface area contributed by atoms with E-state index in [1.165, 1.54) is 0 Å². The van der Waals surface area contributed by atoms with E-state index >= 15 is 0 Å². The lowest BCUT2D eigenvalue weighted by Gasteiger charge is -2.12. The van der Waals surface area contributed by atoms with Gasteiger partial charge in [0.15, 0.2) is 0 Å². The zero-order valence-electron chi connectivity index (χ0n) is 4.60. The lowest BCUT2D eigenvalue weighted by atomic mass is 10.2. The molecule has 0 N–H and O–H groups in total. The summed E-state index contributed by atoms with van der Waals surface area (Å²) in [6.07, 6.45) is 0.629. The Hall–Kier alpha value is 0.0800. The van der Waals surface area contributed by atoms with Crippen molar-refractivity contribution in [3.63, 3.8) is 0 Å². The molecule has 0 radical (unpaired) electrons. The van der Waals surface area contributed by atoms with Gasteiger partial charge in [0.25, 0.3) is 0 Å². The summed E-state index contributed by atoms with van der Waals surface area (Å²) < 4.78 is 22.8. The van der Waals surface area contributed by atoms with Crippen LogP contribution >= 0.6 is 0 Å². The number of alkyl halides is 1. The van der Waals surface area contributed by atoms with Gasteiger partial charge in [0.2, 0.25) is 0 Å². The molecule has 0 bridgehead atoms. The van der Waals surface area contributed by atoms with E-state index in [4.69, 9.17) is 0 Å². The molecule has 1 unspecified atom stereocenters. The zero-order chi connectivity index (χ0) is 5.98. The van der Waals surface area contributed by atoms with E-state index in [0.717, 1.165) is 6.42 Å². The van der Waals surface area contributed by atoms with Crippen molar-refractivity contribution in [2.24, 2.45) is 0 Å². The van der Waals surface area contributed by atoms with Crippen LogP contribution in [0.15, 0.2) is 0 Å². The van der Waals surface area contributed by atoms with E-state index in [-0.39, 0.29) is 5.75 Å². The highest BCUT2D eigenvalue weighted by molar-refractivity contribution is 7.85. The van der Waals surface area contributed by atoms with Gasteiger partial charge in [-0.15, -0.1) is 0 Å². The first-order chi connectivity index (χ1) is 3.79. The minimum absolute atomic E-state index is 0.278. The molecule has 1 heterocycles. The highest BCUT2D eigenvalue weighted by Crippen LogP contribution is 2.10. The molecule has 3 heteroatoms. The Balaban J connectivity index is 2.34. The van der Waals surface area contributed by atoms with Crippen molar-refractivity contribution in [3.8, 4) is 0 Å². The van der Waals surface area contributed by atoms with Crippen molar-refractivity contribution in [2.75, 3.05) is 11.5 Å². The molecular formula is C5H9FOS. The Kier molecular flexibility index (Phi) is 2.00. The van der Waals surface area contributed by atoms with Gasteiger partial charge in [-0.1, -0.05) is 0 Å². The average molecular weight is 136 g/mol. The van der Waals surface area contributed by atoms with E-state index in [9.17, 15) is 8.60 Å². The minimum Gasteiger partial charge on any atom is -0.259 e. The third kappa shape index (κ3) is 1.54. The van der Waals surface area contributed by atoms with Crippen LogP contribution in [0, 0.1) is 0 Å². The summed E-state index contributed by atoms with van der Waals surface area (Å²) in [4.78, 5) is 0. The smallest absolute Gasteiger partial charge is 0.112 e. The van der Waals surface area contributed by atoms with Gasteiger partial charge in [0.05, 0.1) is 5.75 Å². The lowest BCUT2D eigenvalue weighted by molar-refractivity contribution is 0.336. The van der Waals surface area contributed by atoms with Crippen molar-refractivity contribution in [3.05, 3.63) is 0 Å². The standard InChI is InChI=1S/C5H9FOS/c6-5-2-1-3-8(7)4-5/h5H,1-4H2/t5-,8?/m0/s1. The maximum atomic E-state index is 12.2. The monoisotopic (exact) mass is 136 g/mol. The maximum Gasteiger partial charge on any atom is 0.112 e. The van der Waals surface area contributed by atoms with Gasteiger partial charge in [0.1, 0.15) is 6.17 Å². The predicted molar refractivity (Wildman–Crippen MR) is 32.0 cm³/mol. The lowest BCUT2D eigenvalue weighted by Crippen LogP contribution is -2.20. The summed E-state index contributed by atoms with van der Waals surface area (Å²) >= 11 is 0. The first kappa shape index (κ1) is 6.20. The van der Waals surface area contributed by atoms with Crippen LogP contribution in [0.1, 0.15) is 12.8 Å². The minimum atomic E-state index is -0.845. The third-order valence-electron chi connectivity index (χ3n) is 1.26. The summed E-state index contributed by atoms with van der Waals surface area (Å²) in [5.74, 6) is 0.987. The molecule has 0 saturated carbocycles. The highest BCUT2D eigenvalue weighted by atomic mass is 32.2. The Morgan fingerprint density at radius 1 is 1.62 bits per heavy atom. The molecule has 8 heavy (non-hydrogen) atoms. The second-order valence-corrected chi connectivity index (χ2v) is 3.67. The van der Waals surface area contributed by atoms with Crippen LogP contribution in [-0.4, -0.2) is 21.9 Å². The number of halogens is 1. The zero-order valence-corrected chi connectivity index (χ0v) is 5.42. The van der Waals surface area contributed by atoms with Crippen LogP contribution in [0.4, 0.5) is 4.39 Å². The Bertz CT molecular complexity index is 105. The van der Waals surface area contributed by atoms with E-state index < -0.39 is 17.0 Å². The van der Waals surface area contributed by atoms with Crippen LogP contribution in [0.5, 0.6) is 0 Å². The van der Waals surface area contributed by atoms with Crippen LogP contribution < -0.4 is 0 Å². The fourth-order valence-electron chi connectivity index (χ4n) is 0.834. The molecule has 0 aromatic heterocycles. The largest absolute Gasteiger partial charge is 0.259 e. The van der Waals surface area contributed by atoms with Crippen molar-refractivity contribution < 1.29 is 8.60 Å². The quantitative estimate of drug-likeness (QED) is 0.483. The molecule has 2 atom stereocenters. The number of hydrogen-bond acceptors (Lipinski definition) is 1. The predicted octanol–water partition coefficient (Wildman–Crippen LogP) is 0.867. The molecule has 1 nitrogen and oxygen atoms in total. The fraction of sp³-hybridized carbons (Fsp3) is 1.00. The van der Waals surface area contributed by atoms with Crippen molar-refractivity contribution >= 4 is 10.8 Å². The van der Waals surface area contributed by atoms with Gasteiger partial charge < -0.3 is 0 Å². The second-order valence-electron chi connectivity index (χ2n) is 2.05. The second kappa shape index (κ2) is 2.58. The van der Waals surface area contributed by atoms with Gasteiger partial charge in [-0.2, -0.15) is 0 Å². The van der Waals surface area contributed by atoms with Crippen molar-refractivity contribution in [1.82, 2.24) is 0 Å². The topological polar surface area (TPSA) is 17.1 Å². The van der Waals surface area contributed by atoms with Crippen molar-refractivity contribution in [1.29, 1.82) is 0 Å². The summed E-state index contributed by atoms with van der Waals surface area (Å²) in [6, 6.07) is 0. The normalized spacial score (nSPS) is 39.6. The first-order valence-corrected chi connectivity index (χ1v) is 4.27. The average Bonchev–Trinajstić information content (AvgIpc) is 1.64. The summed E-state index contributed by atoms with van der Waals surface area (Å²) in [7, 11) is -0.845. The van der Waals surface area contributed by atoms with Gasteiger partial charge >= 0.3 is 0 Å². The number of hydrogen-bond donors (Lipinski definition) is 0. The molecule has 0 amide bonds. The molecule has 1 rings (SSSR count). The van der Waals surface area contributed by atoms with Crippen LogP contribution in [0.25, 0.3) is 0 Å². The summed E-state index contributed by atoms with van der Waals surface area (Å²) in [5.41, 5.74) is 0. The summed E-state index contributed by atoms with van der Waals surface area (Å²) in [6.45, 7) is 0. The third-order valence-corrected chi connectivity index (χ3v) is 2.73. The van der Waals surface area contributed by atoms with E-state index in [1.807, 2.05) is 0 Å². The van der Waals surface area contributed by atoms with E-state index in [2.05, 4.69) is 0 Å². The van der Waals surface area contributed by atoms with Crippen molar-refractivity contribution in [2.45, 2.75) is 19.0 Å². The van der Waals surface area contributed by atoms with Gasteiger partial charge in [-0.25, -0.2) is 4.39 Å². The molecule has 0 aromatic carbocycles.